The van der Waals surface area contributed by atoms with Gasteiger partial charge in [0.05, 0.1) is 12.4 Å². The molecule has 1 unspecified atom stereocenters. The Morgan fingerprint density at radius 3 is 2.70 bits per heavy atom. The van der Waals surface area contributed by atoms with E-state index in [-0.39, 0.29) is 11.8 Å². The van der Waals surface area contributed by atoms with Gasteiger partial charge in [0.2, 0.25) is 0 Å². The number of hydrogen-bond acceptors (Lipinski definition) is 4. The van der Waals surface area contributed by atoms with Crippen molar-refractivity contribution in [1.29, 1.82) is 0 Å². The average molecular weight is 331 g/mol. The molecule has 1 aliphatic heterocycles. The molecule has 0 aromatic heterocycles. The minimum Gasteiger partial charge on any atom is -0.493 e. The van der Waals surface area contributed by atoms with Crippen LogP contribution in [0.1, 0.15) is 22.7 Å². The zero-order chi connectivity index (χ0) is 16.3. The predicted octanol–water partition coefficient (Wildman–Crippen LogP) is 2.50. The summed E-state index contributed by atoms with van der Waals surface area (Å²) in [7, 11) is -3.07. The molecule has 1 heterocycles. The second kappa shape index (κ2) is 6.72. The quantitative estimate of drug-likeness (QED) is 0.884. The fourth-order valence-corrected chi connectivity index (χ4v) is 3.77. The first kappa shape index (κ1) is 16.0. The highest BCUT2D eigenvalue weighted by Crippen LogP contribution is 2.26. The molecule has 0 aliphatic carbocycles. The van der Waals surface area contributed by atoms with Gasteiger partial charge in [-0.2, -0.15) is 0 Å². The maximum absolute atomic E-state index is 11.7. The normalized spacial score (nSPS) is 15.0. The third-order valence-corrected chi connectivity index (χ3v) is 4.92. The first-order valence-electron chi connectivity index (χ1n) is 7.72. The molecule has 2 aromatic carbocycles. The van der Waals surface area contributed by atoms with Crippen LogP contribution in [0.15, 0.2) is 48.5 Å². The van der Waals surface area contributed by atoms with Gasteiger partial charge in [0.25, 0.3) is 0 Å². The van der Waals surface area contributed by atoms with Gasteiger partial charge in [0.15, 0.2) is 0 Å². The number of benzene rings is 2. The predicted molar refractivity (Wildman–Crippen MR) is 91.4 cm³/mol. The van der Waals surface area contributed by atoms with E-state index in [9.17, 15) is 8.42 Å². The zero-order valence-corrected chi connectivity index (χ0v) is 14.0. The van der Waals surface area contributed by atoms with Crippen molar-refractivity contribution in [2.24, 2.45) is 0 Å². The van der Waals surface area contributed by atoms with Crippen molar-refractivity contribution in [2.45, 2.75) is 19.0 Å². The molecule has 4 nitrogen and oxygen atoms in total. The molecular weight excluding hydrogens is 310 g/mol. The van der Waals surface area contributed by atoms with Crippen molar-refractivity contribution >= 4 is 9.84 Å². The van der Waals surface area contributed by atoms with Crippen molar-refractivity contribution in [1.82, 2.24) is 5.32 Å². The first-order chi connectivity index (χ1) is 11.0. The van der Waals surface area contributed by atoms with Crippen molar-refractivity contribution in [3.05, 3.63) is 65.2 Å². The monoisotopic (exact) mass is 331 g/mol. The minimum absolute atomic E-state index is 0.0884. The van der Waals surface area contributed by atoms with Gasteiger partial charge in [-0.3, -0.25) is 0 Å². The largest absolute Gasteiger partial charge is 0.493 e. The van der Waals surface area contributed by atoms with E-state index >= 15 is 0 Å². The molecule has 0 bridgehead atoms. The average Bonchev–Trinajstić information content (AvgIpc) is 2.99. The van der Waals surface area contributed by atoms with E-state index in [1.54, 1.807) is 0 Å². The second-order valence-corrected chi connectivity index (χ2v) is 8.16. The molecule has 0 saturated carbocycles. The number of rotatable bonds is 6. The molecule has 5 heteroatoms. The molecule has 0 fully saturated rings. The Hall–Kier alpha value is -1.85. The van der Waals surface area contributed by atoms with Crippen LogP contribution in [-0.2, 0) is 22.8 Å². The second-order valence-electron chi connectivity index (χ2n) is 5.98. The highest BCUT2D eigenvalue weighted by Gasteiger charge is 2.17. The summed E-state index contributed by atoms with van der Waals surface area (Å²) in [4.78, 5) is 0. The van der Waals surface area contributed by atoms with Crippen LogP contribution in [0, 0.1) is 0 Å². The van der Waals surface area contributed by atoms with Crippen LogP contribution < -0.4 is 10.1 Å². The standard InChI is InChI=1S/C18H21NO3S/c1-23(20,21)13-17(15-5-3-2-4-6-15)19-12-14-7-8-18-16(11-14)9-10-22-18/h2-8,11,17,19H,9-10,12-13H2,1H3. The van der Waals surface area contributed by atoms with Crippen LogP contribution in [0.2, 0.25) is 0 Å². The van der Waals surface area contributed by atoms with Gasteiger partial charge in [-0.1, -0.05) is 42.5 Å². The third kappa shape index (κ3) is 4.33. The van der Waals surface area contributed by atoms with E-state index in [4.69, 9.17) is 4.74 Å². The van der Waals surface area contributed by atoms with E-state index in [0.29, 0.717) is 6.54 Å². The van der Waals surface area contributed by atoms with Crippen molar-refractivity contribution in [2.75, 3.05) is 18.6 Å². The summed E-state index contributed by atoms with van der Waals surface area (Å²) in [6.45, 7) is 1.37. The Morgan fingerprint density at radius 1 is 1.17 bits per heavy atom. The fraction of sp³-hybridized carbons (Fsp3) is 0.333. The summed E-state index contributed by atoms with van der Waals surface area (Å²) in [5, 5.41) is 3.38. The lowest BCUT2D eigenvalue weighted by molar-refractivity contribution is 0.357. The van der Waals surface area contributed by atoms with Gasteiger partial charge < -0.3 is 10.1 Å². The molecule has 0 radical (unpaired) electrons. The number of hydrogen-bond donors (Lipinski definition) is 1. The van der Waals surface area contributed by atoms with Gasteiger partial charge in [0.1, 0.15) is 15.6 Å². The lowest BCUT2D eigenvalue weighted by Gasteiger charge is -2.18. The van der Waals surface area contributed by atoms with Crippen LogP contribution in [-0.4, -0.2) is 27.0 Å². The Bertz CT molecular complexity index is 772. The zero-order valence-electron chi connectivity index (χ0n) is 13.2. The number of fused-ring (bicyclic) bond motifs is 1. The molecule has 23 heavy (non-hydrogen) atoms. The summed E-state index contributed by atoms with van der Waals surface area (Å²) in [5.74, 6) is 1.05. The highest BCUT2D eigenvalue weighted by molar-refractivity contribution is 7.90. The maximum atomic E-state index is 11.7. The van der Waals surface area contributed by atoms with Crippen molar-refractivity contribution in [3.63, 3.8) is 0 Å². The van der Waals surface area contributed by atoms with E-state index in [2.05, 4.69) is 11.4 Å². The molecule has 2 aromatic rings. The van der Waals surface area contributed by atoms with Gasteiger partial charge in [-0.15, -0.1) is 0 Å². The SMILES string of the molecule is CS(=O)(=O)CC(NCc1ccc2c(c1)CCO2)c1ccccc1. The molecule has 122 valence electrons. The molecule has 0 saturated heterocycles. The summed E-state index contributed by atoms with van der Waals surface area (Å²) in [6.07, 6.45) is 2.21. The Kier molecular flexibility index (Phi) is 4.68. The van der Waals surface area contributed by atoms with E-state index < -0.39 is 9.84 Å². The summed E-state index contributed by atoms with van der Waals surface area (Å²) in [6, 6.07) is 15.7. The fourth-order valence-electron chi connectivity index (χ4n) is 2.85. The van der Waals surface area contributed by atoms with Crippen LogP contribution in [0.3, 0.4) is 0 Å². The summed E-state index contributed by atoms with van der Waals surface area (Å²) >= 11 is 0. The van der Waals surface area contributed by atoms with Gasteiger partial charge >= 0.3 is 0 Å². The minimum atomic E-state index is -3.07. The van der Waals surface area contributed by atoms with E-state index in [1.165, 1.54) is 11.8 Å². The van der Waals surface area contributed by atoms with Crippen LogP contribution in [0.4, 0.5) is 0 Å². The topological polar surface area (TPSA) is 55.4 Å². The molecule has 0 amide bonds. The van der Waals surface area contributed by atoms with Gasteiger partial charge in [-0.25, -0.2) is 8.42 Å². The lowest BCUT2D eigenvalue weighted by Crippen LogP contribution is -2.27. The lowest BCUT2D eigenvalue weighted by atomic mass is 10.1. The Labute approximate surface area is 137 Å². The number of ether oxygens (including phenoxy) is 1. The molecule has 3 rings (SSSR count). The Morgan fingerprint density at radius 2 is 1.96 bits per heavy atom. The van der Waals surface area contributed by atoms with Gasteiger partial charge in [-0.05, 0) is 22.8 Å². The molecular formula is C18H21NO3S. The molecule has 1 atom stereocenters. The van der Waals surface area contributed by atoms with Crippen molar-refractivity contribution in [3.8, 4) is 5.75 Å². The van der Waals surface area contributed by atoms with E-state index in [0.717, 1.165) is 29.9 Å². The maximum Gasteiger partial charge on any atom is 0.149 e. The number of sulfone groups is 1. The third-order valence-electron chi connectivity index (χ3n) is 3.98. The van der Waals surface area contributed by atoms with Crippen molar-refractivity contribution < 1.29 is 13.2 Å². The molecule has 0 spiro atoms. The van der Waals surface area contributed by atoms with Crippen LogP contribution in [0.25, 0.3) is 0 Å². The van der Waals surface area contributed by atoms with E-state index in [1.807, 2.05) is 42.5 Å². The smallest absolute Gasteiger partial charge is 0.149 e. The van der Waals surface area contributed by atoms with Crippen LogP contribution >= 0.6 is 0 Å². The summed E-state index contributed by atoms with van der Waals surface area (Å²) < 4.78 is 29.0. The first-order valence-corrected chi connectivity index (χ1v) is 9.78. The molecule has 1 N–H and O–H groups in total. The Balaban J connectivity index is 1.74. The highest BCUT2D eigenvalue weighted by atomic mass is 32.2. The van der Waals surface area contributed by atoms with Crippen LogP contribution in [0.5, 0.6) is 5.75 Å². The van der Waals surface area contributed by atoms with Gasteiger partial charge in [0, 0.05) is 25.3 Å². The molecule has 1 aliphatic rings. The number of nitrogens with one attached hydrogen (secondary N) is 1. The summed E-state index contributed by atoms with van der Waals surface area (Å²) in [5.41, 5.74) is 3.36.